The van der Waals surface area contributed by atoms with Gasteiger partial charge in [0.15, 0.2) is 5.82 Å². The van der Waals surface area contributed by atoms with Crippen molar-refractivity contribution in [3.05, 3.63) is 122 Å². The van der Waals surface area contributed by atoms with Gasteiger partial charge in [0, 0.05) is 17.5 Å². The number of hydrogen-bond donors (Lipinski definition) is 1. The second kappa shape index (κ2) is 10.9. The first-order valence-corrected chi connectivity index (χ1v) is 14.0. The van der Waals surface area contributed by atoms with E-state index in [1.807, 2.05) is 55.5 Å². The molecule has 40 heavy (non-hydrogen) atoms. The van der Waals surface area contributed by atoms with Crippen LogP contribution in [0.25, 0.3) is 28.2 Å². The number of rotatable bonds is 9. The Balaban J connectivity index is 1.36. The fourth-order valence-corrected chi connectivity index (χ4v) is 5.38. The van der Waals surface area contributed by atoms with Crippen LogP contribution in [0.2, 0.25) is 0 Å². The average molecular weight is 533 g/mol. The average Bonchev–Trinajstić information content (AvgIpc) is 3.74. The van der Waals surface area contributed by atoms with Gasteiger partial charge in [-0.25, -0.2) is 9.78 Å². The molecule has 1 fully saturated rings. The van der Waals surface area contributed by atoms with Crippen LogP contribution in [0.4, 0.5) is 0 Å². The number of H-pyrrole nitrogens is 1. The van der Waals surface area contributed by atoms with Crippen molar-refractivity contribution in [1.82, 2.24) is 19.7 Å². The highest BCUT2D eigenvalue weighted by Gasteiger charge is 2.24. The van der Waals surface area contributed by atoms with Crippen molar-refractivity contribution in [2.45, 2.75) is 58.3 Å². The van der Waals surface area contributed by atoms with E-state index in [1.165, 1.54) is 18.4 Å². The topological polar surface area (TPSA) is 93.8 Å². The third-order valence-electron chi connectivity index (χ3n) is 7.64. The van der Waals surface area contributed by atoms with Gasteiger partial charge in [0.2, 0.25) is 0 Å². The van der Waals surface area contributed by atoms with Crippen molar-refractivity contribution in [2.24, 2.45) is 0 Å². The molecule has 1 aliphatic carbocycles. The van der Waals surface area contributed by atoms with Crippen molar-refractivity contribution in [2.75, 3.05) is 0 Å². The van der Waals surface area contributed by atoms with Gasteiger partial charge in [0.05, 0.1) is 11.4 Å². The van der Waals surface area contributed by atoms with Crippen LogP contribution in [-0.4, -0.2) is 19.7 Å². The van der Waals surface area contributed by atoms with E-state index in [4.69, 9.17) is 9.51 Å². The van der Waals surface area contributed by atoms with Gasteiger partial charge in [-0.05, 0) is 72.9 Å². The maximum Gasteiger partial charge on any atom is 0.439 e. The summed E-state index contributed by atoms with van der Waals surface area (Å²) in [5, 5.41) is 3.86. The maximum absolute atomic E-state index is 14.0. The third kappa shape index (κ3) is 5.19. The predicted molar refractivity (Wildman–Crippen MR) is 156 cm³/mol. The molecule has 5 aromatic rings. The first kappa shape index (κ1) is 25.7. The number of hydrogen-bond acceptors (Lipinski definition) is 5. The minimum Gasteiger partial charge on any atom is -0.296 e. The molecule has 0 saturated heterocycles. The molecule has 1 aliphatic rings. The van der Waals surface area contributed by atoms with Gasteiger partial charge in [-0.1, -0.05) is 79.2 Å². The van der Waals surface area contributed by atoms with E-state index in [0.717, 1.165) is 64.3 Å². The molecule has 202 valence electrons. The number of nitrogens with zero attached hydrogens (tertiary/aromatic N) is 3. The molecular weight excluding hydrogens is 500 g/mol. The molecule has 0 spiro atoms. The summed E-state index contributed by atoms with van der Waals surface area (Å²) < 4.78 is 6.50. The van der Waals surface area contributed by atoms with Gasteiger partial charge in [-0.3, -0.25) is 18.9 Å². The fourth-order valence-electron chi connectivity index (χ4n) is 5.38. The Labute approximate surface area is 232 Å². The zero-order valence-corrected chi connectivity index (χ0v) is 22.8. The van der Waals surface area contributed by atoms with E-state index in [-0.39, 0.29) is 5.56 Å². The predicted octanol–water partition coefficient (Wildman–Crippen LogP) is 6.36. The fraction of sp³-hybridized carbons (Fsp3) is 0.273. The van der Waals surface area contributed by atoms with Crippen LogP contribution in [0.3, 0.4) is 0 Å². The molecular formula is C33H32N4O3. The zero-order valence-electron chi connectivity index (χ0n) is 22.8. The summed E-state index contributed by atoms with van der Waals surface area (Å²) in [5.41, 5.74) is 7.56. The summed E-state index contributed by atoms with van der Waals surface area (Å²) in [4.78, 5) is 33.2. The third-order valence-corrected chi connectivity index (χ3v) is 7.64. The molecule has 1 N–H and O–H groups in total. The summed E-state index contributed by atoms with van der Waals surface area (Å²) in [5.74, 6) is 1.14. The lowest BCUT2D eigenvalue weighted by Crippen LogP contribution is -2.28. The minimum atomic E-state index is -0.587. The Morgan fingerprint density at radius 3 is 2.45 bits per heavy atom. The summed E-state index contributed by atoms with van der Waals surface area (Å²) in [6, 6.07) is 24.3. The van der Waals surface area contributed by atoms with Gasteiger partial charge in [-0.2, -0.15) is 0 Å². The van der Waals surface area contributed by atoms with Crippen molar-refractivity contribution in [1.29, 1.82) is 0 Å². The number of nitrogens with one attached hydrogen (secondary N) is 1. The molecule has 1 saturated carbocycles. The molecule has 0 unspecified atom stereocenters. The molecule has 0 atom stereocenters. The highest BCUT2D eigenvalue weighted by molar-refractivity contribution is 5.80. The van der Waals surface area contributed by atoms with Gasteiger partial charge in [0.1, 0.15) is 5.82 Å². The summed E-state index contributed by atoms with van der Waals surface area (Å²) in [6.45, 7) is 4.08. The quantitative estimate of drug-likeness (QED) is 0.238. The van der Waals surface area contributed by atoms with E-state index < -0.39 is 5.76 Å². The maximum atomic E-state index is 14.0. The molecule has 2 heterocycles. The van der Waals surface area contributed by atoms with Gasteiger partial charge in [-0.15, -0.1) is 0 Å². The normalized spacial score (nSPS) is 13.1. The van der Waals surface area contributed by atoms with Crippen LogP contribution in [0.5, 0.6) is 0 Å². The molecule has 7 nitrogen and oxygen atoms in total. The number of aromatic amines is 1. The van der Waals surface area contributed by atoms with Crippen LogP contribution < -0.4 is 11.3 Å². The van der Waals surface area contributed by atoms with Crippen LogP contribution in [0.1, 0.15) is 66.7 Å². The van der Waals surface area contributed by atoms with E-state index >= 15 is 0 Å². The molecule has 0 amide bonds. The first-order chi connectivity index (χ1) is 19.5. The molecule has 3 aromatic carbocycles. The van der Waals surface area contributed by atoms with E-state index in [1.54, 1.807) is 4.57 Å². The first-order valence-electron chi connectivity index (χ1n) is 14.0. The highest BCUT2D eigenvalue weighted by atomic mass is 16.5. The van der Waals surface area contributed by atoms with Crippen LogP contribution in [0, 0.1) is 6.92 Å². The molecule has 6 rings (SSSR count). The second-order valence-electron chi connectivity index (χ2n) is 10.6. The van der Waals surface area contributed by atoms with E-state index in [9.17, 15) is 9.59 Å². The summed E-state index contributed by atoms with van der Waals surface area (Å²) in [7, 11) is 0. The summed E-state index contributed by atoms with van der Waals surface area (Å²) in [6.07, 6.45) is 5.75. The van der Waals surface area contributed by atoms with Crippen molar-refractivity contribution < 1.29 is 4.52 Å². The minimum absolute atomic E-state index is 0.0101. The second-order valence-corrected chi connectivity index (χ2v) is 10.6. The number of unbranched alkanes of at least 4 members (excludes halogenated alkanes) is 1. The smallest absolute Gasteiger partial charge is 0.296 e. The SMILES string of the molecule is CCCCc1nc(C)n(-c2cccc(C3CC3)c2)c(=O)c1Cc1ccc(-c2ccccc2-c2noc(=O)[nH]2)cc1. The lowest BCUT2D eigenvalue weighted by atomic mass is 9.96. The Hall–Kier alpha value is -4.52. The molecule has 2 aromatic heterocycles. The Morgan fingerprint density at radius 2 is 1.75 bits per heavy atom. The molecule has 0 radical (unpaired) electrons. The van der Waals surface area contributed by atoms with Crippen LogP contribution >= 0.6 is 0 Å². The lowest BCUT2D eigenvalue weighted by Gasteiger charge is -2.16. The Kier molecular flexibility index (Phi) is 7.03. The Morgan fingerprint density at radius 1 is 0.975 bits per heavy atom. The zero-order chi connectivity index (χ0) is 27.6. The number of benzene rings is 3. The van der Waals surface area contributed by atoms with E-state index in [2.05, 4.69) is 41.3 Å². The van der Waals surface area contributed by atoms with Crippen molar-refractivity contribution in [3.63, 3.8) is 0 Å². The van der Waals surface area contributed by atoms with Gasteiger partial charge in [0.25, 0.3) is 5.56 Å². The van der Waals surface area contributed by atoms with Crippen LogP contribution in [0.15, 0.2) is 86.9 Å². The highest BCUT2D eigenvalue weighted by Crippen LogP contribution is 2.40. The number of aromatic nitrogens is 4. The molecule has 0 aliphatic heterocycles. The van der Waals surface area contributed by atoms with Gasteiger partial charge < -0.3 is 0 Å². The summed E-state index contributed by atoms with van der Waals surface area (Å²) >= 11 is 0. The van der Waals surface area contributed by atoms with Crippen molar-refractivity contribution >= 4 is 0 Å². The Bertz CT molecular complexity index is 1770. The standard InChI is InChI=1S/C33H32N4O3/c1-3-4-12-30-29(32(38)37(21(2)34-30)26-9-7-8-25(20-26)23-17-18-23)19-22-13-15-24(16-14-22)27-10-5-6-11-28(27)31-35-33(39)40-36-31/h5-11,13-16,20,23H,3-4,12,17-19H2,1-2H3,(H,35,36,39). The van der Waals surface area contributed by atoms with E-state index in [0.29, 0.717) is 18.2 Å². The largest absolute Gasteiger partial charge is 0.439 e. The number of aryl methyl sites for hydroxylation is 2. The monoisotopic (exact) mass is 532 g/mol. The van der Waals surface area contributed by atoms with Crippen molar-refractivity contribution in [3.8, 4) is 28.2 Å². The molecule has 0 bridgehead atoms. The van der Waals surface area contributed by atoms with Crippen LogP contribution in [-0.2, 0) is 12.8 Å². The lowest BCUT2D eigenvalue weighted by molar-refractivity contribution is 0.388. The molecule has 7 heteroatoms. The van der Waals surface area contributed by atoms with Gasteiger partial charge >= 0.3 is 5.76 Å².